The van der Waals surface area contributed by atoms with Gasteiger partial charge in [-0.25, -0.2) is 0 Å². The van der Waals surface area contributed by atoms with Crippen LogP contribution in [0, 0.1) is 23.2 Å². The molecular formula is C35H49NO3. The number of nitrogens with zero attached hydrogens (tertiary/aromatic N) is 1. The lowest BCUT2D eigenvalue weighted by molar-refractivity contribution is 0.0862. The first-order chi connectivity index (χ1) is 18.7. The molecule has 39 heavy (non-hydrogen) atoms. The summed E-state index contributed by atoms with van der Waals surface area (Å²) < 4.78 is 0. The van der Waals surface area contributed by atoms with Crippen molar-refractivity contribution in [2.24, 2.45) is 23.2 Å². The third kappa shape index (κ3) is 5.62. The Balaban J connectivity index is 1.28. The van der Waals surface area contributed by atoms with Gasteiger partial charge in [0.2, 0.25) is 0 Å². The Hall–Kier alpha value is -2.01. The van der Waals surface area contributed by atoms with Crippen molar-refractivity contribution in [1.29, 1.82) is 0 Å². The second-order valence-electron chi connectivity index (χ2n) is 13.3. The largest absolute Gasteiger partial charge is 0.393 e. The van der Waals surface area contributed by atoms with Gasteiger partial charge in [0.05, 0.1) is 18.3 Å². The Morgan fingerprint density at radius 2 is 1.92 bits per heavy atom. The van der Waals surface area contributed by atoms with Gasteiger partial charge in [0.1, 0.15) is 0 Å². The van der Waals surface area contributed by atoms with E-state index in [-0.39, 0.29) is 10.8 Å². The highest BCUT2D eigenvalue weighted by Gasteiger charge is 2.52. The minimum atomic E-state index is -0.639. The standard InChI is InChI=1S/C35H49NO3/c1-5-8-27-10-6-11-32(36-27)35(19-20-35)33(39)17-12-23(2)29-15-16-30-25(9-7-18-34(29,30)4)13-14-26-21-28(37)22-31(38)24(26)3/h6,10-14,17,23,28-31,33,37-39H,3,5,7-9,15-16,18-22H2,1-2,4H3/t23-,28-,29-,30+,31+,33-,34-/m1/s1. The highest BCUT2D eigenvalue weighted by Crippen LogP contribution is 2.60. The normalized spacial score (nSPS) is 35.9. The number of hydrogen-bond acceptors (Lipinski definition) is 4. The third-order valence-corrected chi connectivity index (χ3v) is 10.7. The van der Waals surface area contributed by atoms with E-state index in [0.717, 1.165) is 54.6 Å². The molecule has 4 nitrogen and oxygen atoms in total. The van der Waals surface area contributed by atoms with Gasteiger partial charge in [-0.3, -0.25) is 4.98 Å². The van der Waals surface area contributed by atoms with Gasteiger partial charge in [0.15, 0.2) is 0 Å². The van der Waals surface area contributed by atoms with E-state index >= 15 is 0 Å². The van der Waals surface area contributed by atoms with E-state index in [2.05, 4.69) is 69.9 Å². The Labute approximate surface area is 235 Å². The van der Waals surface area contributed by atoms with Gasteiger partial charge in [0.25, 0.3) is 0 Å². The first kappa shape index (κ1) is 28.5. The van der Waals surface area contributed by atoms with Crippen molar-refractivity contribution in [2.75, 3.05) is 0 Å². The van der Waals surface area contributed by atoms with Gasteiger partial charge in [-0.15, -0.1) is 0 Å². The average molecular weight is 532 g/mol. The maximum Gasteiger partial charge on any atom is 0.0832 e. The van der Waals surface area contributed by atoms with Crippen LogP contribution < -0.4 is 0 Å². The molecule has 4 heteroatoms. The van der Waals surface area contributed by atoms with Crippen LogP contribution in [0.25, 0.3) is 0 Å². The van der Waals surface area contributed by atoms with Crippen molar-refractivity contribution in [2.45, 2.75) is 115 Å². The molecular weight excluding hydrogens is 482 g/mol. The predicted molar refractivity (Wildman–Crippen MR) is 158 cm³/mol. The molecule has 4 saturated carbocycles. The van der Waals surface area contributed by atoms with Gasteiger partial charge in [-0.1, -0.05) is 69.7 Å². The Morgan fingerprint density at radius 1 is 1.13 bits per heavy atom. The van der Waals surface area contributed by atoms with Crippen LogP contribution in [0.3, 0.4) is 0 Å². The van der Waals surface area contributed by atoms with E-state index < -0.39 is 18.3 Å². The molecule has 0 aromatic carbocycles. The summed E-state index contributed by atoms with van der Waals surface area (Å²) in [5, 5.41) is 31.7. The second-order valence-corrected chi connectivity index (χ2v) is 13.3. The number of fused-ring (bicyclic) bond motifs is 1. The molecule has 0 unspecified atom stereocenters. The van der Waals surface area contributed by atoms with Crippen LogP contribution >= 0.6 is 0 Å². The SMILES string of the molecule is C=C1C(=CC=C2CCC[C@]3(C)[C@@H]([C@H](C)C=C[C@@H](O)C4(c5cccc(CCC)n5)CC4)CC[C@@H]23)C[C@@H](O)C[C@@H]1O. The van der Waals surface area contributed by atoms with Crippen LogP contribution in [-0.2, 0) is 11.8 Å². The second kappa shape index (κ2) is 11.5. The zero-order valence-corrected chi connectivity index (χ0v) is 24.3. The van der Waals surface area contributed by atoms with Crippen molar-refractivity contribution in [3.8, 4) is 0 Å². The third-order valence-electron chi connectivity index (χ3n) is 10.7. The zero-order chi connectivity index (χ0) is 27.8. The lowest BCUT2D eigenvalue weighted by Gasteiger charge is -2.44. The molecule has 4 fully saturated rings. The van der Waals surface area contributed by atoms with E-state index in [9.17, 15) is 15.3 Å². The first-order valence-electron chi connectivity index (χ1n) is 15.5. The fourth-order valence-electron chi connectivity index (χ4n) is 8.20. The molecule has 0 amide bonds. The summed E-state index contributed by atoms with van der Waals surface area (Å²) in [5.41, 5.74) is 5.51. The molecule has 0 aliphatic heterocycles. The molecule has 5 rings (SSSR count). The molecule has 0 radical (unpaired) electrons. The summed E-state index contributed by atoms with van der Waals surface area (Å²) in [5.74, 6) is 1.57. The minimum absolute atomic E-state index is 0.208. The van der Waals surface area contributed by atoms with Crippen LogP contribution in [-0.4, -0.2) is 38.6 Å². The summed E-state index contributed by atoms with van der Waals surface area (Å²) in [6.07, 6.45) is 18.2. The molecule has 7 atom stereocenters. The van der Waals surface area contributed by atoms with Gasteiger partial charge in [-0.05, 0) is 104 Å². The van der Waals surface area contributed by atoms with E-state index in [1.807, 2.05) is 0 Å². The quantitative estimate of drug-likeness (QED) is 0.324. The molecule has 3 N–H and O–H groups in total. The fourth-order valence-corrected chi connectivity index (χ4v) is 8.20. The van der Waals surface area contributed by atoms with Crippen LogP contribution in [0.4, 0.5) is 0 Å². The van der Waals surface area contributed by atoms with Crippen molar-refractivity contribution < 1.29 is 15.3 Å². The maximum atomic E-state index is 11.3. The summed E-state index contributed by atoms with van der Waals surface area (Å²) in [7, 11) is 0. The van der Waals surface area contributed by atoms with E-state index in [4.69, 9.17) is 4.98 Å². The first-order valence-corrected chi connectivity index (χ1v) is 15.5. The van der Waals surface area contributed by atoms with Crippen molar-refractivity contribution in [3.05, 3.63) is 77.2 Å². The zero-order valence-electron chi connectivity index (χ0n) is 24.3. The number of allylic oxidation sites excluding steroid dienone is 4. The molecule has 0 saturated heterocycles. The number of aliphatic hydroxyl groups is 3. The van der Waals surface area contributed by atoms with Crippen molar-refractivity contribution in [1.82, 2.24) is 4.98 Å². The summed E-state index contributed by atoms with van der Waals surface area (Å²) in [6.45, 7) is 11.1. The van der Waals surface area contributed by atoms with Gasteiger partial charge in [-0.2, -0.15) is 0 Å². The number of aliphatic hydroxyl groups excluding tert-OH is 3. The highest BCUT2D eigenvalue weighted by atomic mass is 16.3. The Bertz CT molecular complexity index is 1140. The molecule has 0 bridgehead atoms. The van der Waals surface area contributed by atoms with E-state index in [1.165, 1.54) is 31.3 Å². The fraction of sp³-hybridized carbons (Fsp3) is 0.629. The van der Waals surface area contributed by atoms with Gasteiger partial charge in [0, 0.05) is 23.2 Å². The van der Waals surface area contributed by atoms with Crippen molar-refractivity contribution >= 4 is 0 Å². The molecule has 4 aliphatic rings. The van der Waals surface area contributed by atoms with Gasteiger partial charge >= 0.3 is 0 Å². The minimum Gasteiger partial charge on any atom is -0.393 e. The van der Waals surface area contributed by atoms with Crippen LogP contribution in [0.5, 0.6) is 0 Å². The smallest absolute Gasteiger partial charge is 0.0832 e. The lowest BCUT2D eigenvalue weighted by Crippen LogP contribution is -2.35. The molecule has 0 spiro atoms. The number of rotatable bonds is 8. The average Bonchev–Trinajstić information content (AvgIpc) is 3.65. The number of pyridine rings is 1. The maximum absolute atomic E-state index is 11.3. The number of hydrogen-bond donors (Lipinski definition) is 3. The summed E-state index contributed by atoms with van der Waals surface area (Å²) in [6, 6.07) is 6.31. The molecule has 1 aromatic heterocycles. The number of aryl methyl sites for hydroxylation is 1. The molecule has 1 heterocycles. The Kier molecular flexibility index (Phi) is 8.38. The van der Waals surface area contributed by atoms with Gasteiger partial charge < -0.3 is 15.3 Å². The summed E-state index contributed by atoms with van der Waals surface area (Å²) >= 11 is 0. The topological polar surface area (TPSA) is 73.6 Å². The lowest BCUT2D eigenvalue weighted by atomic mass is 9.61. The molecule has 212 valence electrons. The molecule has 4 aliphatic carbocycles. The Morgan fingerprint density at radius 3 is 2.67 bits per heavy atom. The van der Waals surface area contributed by atoms with Crippen LogP contribution in [0.15, 0.2) is 65.8 Å². The molecule has 1 aromatic rings. The van der Waals surface area contributed by atoms with Crippen LogP contribution in [0.2, 0.25) is 0 Å². The van der Waals surface area contributed by atoms with E-state index in [1.54, 1.807) is 0 Å². The predicted octanol–water partition coefficient (Wildman–Crippen LogP) is 6.76. The van der Waals surface area contributed by atoms with E-state index in [0.29, 0.717) is 30.6 Å². The monoisotopic (exact) mass is 531 g/mol. The summed E-state index contributed by atoms with van der Waals surface area (Å²) in [4.78, 5) is 4.92. The van der Waals surface area contributed by atoms with Crippen molar-refractivity contribution in [3.63, 3.8) is 0 Å². The van der Waals surface area contributed by atoms with Crippen LogP contribution in [0.1, 0.15) is 96.4 Å². The highest BCUT2D eigenvalue weighted by molar-refractivity contribution is 5.39. The number of aromatic nitrogens is 1.